The molecule has 0 atom stereocenters. The number of aromatic nitrogens is 1. The van der Waals surface area contributed by atoms with Crippen LogP contribution in [0.2, 0.25) is 0 Å². The Bertz CT molecular complexity index is 686. The maximum atomic E-state index is 5.93. The highest BCUT2D eigenvalue weighted by molar-refractivity contribution is 5.84. The molecule has 3 rings (SSSR count). The van der Waals surface area contributed by atoms with Crippen molar-refractivity contribution in [1.29, 1.82) is 0 Å². The fourth-order valence-electron chi connectivity index (χ4n) is 1.96. The zero-order valence-corrected chi connectivity index (χ0v) is 10.1. The molecule has 1 aromatic heterocycles. The highest BCUT2D eigenvalue weighted by Crippen LogP contribution is 2.28. The number of benzene rings is 2. The van der Waals surface area contributed by atoms with E-state index in [0.717, 1.165) is 22.4 Å². The molecule has 0 spiro atoms. The number of aryl methyl sites for hydroxylation is 1. The van der Waals surface area contributed by atoms with E-state index in [1.807, 2.05) is 48.5 Å². The van der Waals surface area contributed by atoms with Crippen molar-refractivity contribution < 1.29 is 4.74 Å². The van der Waals surface area contributed by atoms with E-state index in [4.69, 9.17) is 4.74 Å². The maximum Gasteiger partial charge on any atom is 0.138 e. The molecule has 0 unspecified atom stereocenters. The third-order valence-electron chi connectivity index (χ3n) is 2.83. The predicted molar refractivity (Wildman–Crippen MR) is 73.0 cm³/mol. The molecule has 0 radical (unpaired) electrons. The predicted octanol–water partition coefficient (Wildman–Crippen LogP) is 4.34. The Labute approximate surface area is 106 Å². The van der Waals surface area contributed by atoms with Crippen molar-refractivity contribution in [1.82, 2.24) is 4.98 Å². The molecule has 2 aromatic carbocycles. The first-order chi connectivity index (χ1) is 8.83. The Morgan fingerprint density at radius 1 is 0.944 bits per heavy atom. The smallest absolute Gasteiger partial charge is 0.138 e. The summed E-state index contributed by atoms with van der Waals surface area (Å²) in [4.78, 5) is 4.32. The van der Waals surface area contributed by atoms with E-state index in [1.165, 1.54) is 5.56 Å². The van der Waals surface area contributed by atoms with E-state index in [9.17, 15) is 0 Å². The second-order valence-corrected chi connectivity index (χ2v) is 4.24. The lowest BCUT2D eigenvalue weighted by Crippen LogP contribution is -1.87. The molecule has 1 heterocycles. The standard InChI is InChI=1S/C16H13NO/c1-12-5-4-6-13(11-12)18-16-9-10-17-15-8-3-2-7-14(15)16/h2-11H,1H3. The first-order valence-corrected chi connectivity index (χ1v) is 5.91. The van der Waals surface area contributed by atoms with Gasteiger partial charge in [0.05, 0.1) is 5.52 Å². The molecule has 18 heavy (non-hydrogen) atoms. The van der Waals surface area contributed by atoms with E-state index in [1.54, 1.807) is 6.20 Å². The molecule has 0 saturated heterocycles. The zero-order valence-electron chi connectivity index (χ0n) is 10.1. The molecule has 0 amide bonds. The van der Waals surface area contributed by atoms with Crippen LogP contribution in [0.1, 0.15) is 5.56 Å². The first-order valence-electron chi connectivity index (χ1n) is 5.91. The number of rotatable bonds is 2. The summed E-state index contributed by atoms with van der Waals surface area (Å²) in [5.41, 5.74) is 2.13. The van der Waals surface area contributed by atoms with Crippen LogP contribution in [0.25, 0.3) is 10.9 Å². The summed E-state index contributed by atoms with van der Waals surface area (Å²) in [5.74, 6) is 1.69. The van der Waals surface area contributed by atoms with E-state index in [2.05, 4.69) is 18.0 Å². The second-order valence-electron chi connectivity index (χ2n) is 4.24. The van der Waals surface area contributed by atoms with Crippen LogP contribution in [-0.2, 0) is 0 Å². The van der Waals surface area contributed by atoms with Crippen LogP contribution in [0.4, 0.5) is 0 Å². The monoisotopic (exact) mass is 235 g/mol. The number of para-hydroxylation sites is 1. The van der Waals surface area contributed by atoms with Gasteiger partial charge in [0.1, 0.15) is 11.5 Å². The molecule has 2 nitrogen and oxygen atoms in total. The summed E-state index contributed by atoms with van der Waals surface area (Å²) in [7, 11) is 0. The molecule has 0 N–H and O–H groups in total. The van der Waals surface area contributed by atoms with Crippen molar-refractivity contribution in [2.24, 2.45) is 0 Å². The summed E-state index contributed by atoms with van der Waals surface area (Å²) in [6.07, 6.45) is 1.77. The van der Waals surface area contributed by atoms with Gasteiger partial charge in [-0.1, -0.05) is 24.3 Å². The molecule has 0 fully saturated rings. The highest BCUT2D eigenvalue weighted by atomic mass is 16.5. The third-order valence-corrected chi connectivity index (χ3v) is 2.83. The van der Waals surface area contributed by atoms with Gasteiger partial charge in [-0.05, 0) is 42.8 Å². The molecule has 2 heteroatoms. The van der Waals surface area contributed by atoms with Crippen molar-refractivity contribution in [2.75, 3.05) is 0 Å². The molecule has 0 saturated carbocycles. The number of hydrogen-bond acceptors (Lipinski definition) is 2. The summed E-state index contributed by atoms with van der Waals surface area (Å²) in [6.45, 7) is 2.05. The summed E-state index contributed by atoms with van der Waals surface area (Å²) in [5, 5.41) is 1.03. The molecule has 0 aliphatic carbocycles. The highest BCUT2D eigenvalue weighted by Gasteiger charge is 2.03. The van der Waals surface area contributed by atoms with Crippen LogP contribution < -0.4 is 4.74 Å². The van der Waals surface area contributed by atoms with E-state index in [-0.39, 0.29) is 0 Å². The summed E-state index contributed by atoms with van der Waals surface area (Å²) < 4.78 is 5.93. The largest absolute Gasteiger partial charge is 0.457 e. The maximum absolute atomic E-state index is 5.93. The fourth-order valence-corrected chi connectivity index (χ4v) is 1.96. The number of ether oxygens (including phenoxy) is 1. The van der Waals surface area contributed by atoms with Crippen LogP contribution >= 0.6 is 0 Å². The van der Waals surface area contributed by atoms with Gasteiger partial charge in [-0.3, -0.25) is 4.98 Å². The number of nitrogens with zero attached hydrogens (tertiary/aromatic N) is 1. The van der Waals surface area contributed by atoms with Crippen molar-refractivity contribution in [3.8, 4) is 11.5 Å². The van der Waals surface area contributed by atoms with Crippen LogP contribution in [0.15, 0.2) is 60.8 Å². The Hall–Kier alpha value is -2.35. The van der Waals surface area contributed by atoms with Crippen LogP contribution in [0, 0.1) is 6.92 Å². The lowest BCUT2D eigenvalue weighted by Gasteiger charge is -2.08. The van der Waals surface area contributed by atoms with Crippen LogP contribution in [0.5, 0.6) is 11.5 Å². The topological polar surface area (TPSA) is 22.1 Å². The van der Waals surface area contributed by atoms with E-state index < -0.39 is 0 Å². The second kappa shape index (κ2) is 4.49. The van der Waals surface area contributed by atoms with Gasteiger partial charge in [0.15, 0.2) is 0 Å². The van der Waals surface area contributed by atoms with Gasteiger partial charge in [0, 0.05) is 11.6 Å². The van der Waals surface area contributed by atoms with Crippen molar-refractivity contribution >= 4 is 10.9 Å². The molecular formula is C16H13NO. The van der Waals surface area contributed by atoms with Gasteiger partial charge < -0.3 is 4.74 Å². The van der Waals surface area contributed by atoms with Gasteiger partial charge in [-0.25, -0.2) is 0 Å². The Morgan fingerprint density at radius 3 is 2.72 bits per heavy atom. The van der Waals surface area contributed by atoms with Crippen molar-refractivity contribution in [3.05, 3.63) is 66.4 Å². The summed E-state index contributed by atoms with van der Waals surface area (Å²) >= 11 is 0. The van der Waals surface area contributed by atoms with Crippen LogP contribution in [0.3, 0.4) is 0 Å². The molecule has 88 valence electrons. The number of pyridine rings is 1. The Morgan fingerprint density at radius 2 is 1.83 bits per heavy atom. The minimum absolute atomic E-state index is 0.839. The fraction of sp³-hybridized carbons (Fsp3) is 0.0625. The van der Waals surface area contributed by atoms with Crippen molar-refractivity contribution in [3.63, 3.8) is 0 Å². The lowest BCUT2D eigenvalue weighted by molar-refractivity contribution is 0.487. The average molecular weight is 235 g/mol. The van der Waals surface area contributed by atoms with Gasteiger partial charge in [-0.15, -0.1) is 0 Å². The van der Waals surface area contributed by atoms with E-state index >= 15 is 0 Å². The number of hydrogen-bond donors (Lipinski definition) is 0. The first kappa shape index (κ1) is 10.8. The van der Waals surface area contributed by atoms with Gasteiger partial charge >= 0.3 is 0 Å². The number of fused-ring (bicyclic) bond motifs is 1. The molecule has 0 aliphatic rings. The zero-order chi connectivity index (χ0) is 12.4. The van der Waals surface area contributed by atoms with Crippen LogP contribution in [-0.4, -0.2) is 4.98 Å². The minimum atomic E-state index is 0.839. The normalized spacial score (nSPS) is 10.5. The third kappa shape index (κ3) is 2.05. The summed E-state index contributed by atoms with van der Waals surface area (Å²) in [6, 6.07) is 17.9. The van der Waals surface area contributed by atoms with Gasteiger partial charge in [-0.2, -0.15) is 0 Å². The quantitative estimate of drug-likeness (QED) is 0.659. The Kier molecular flexibility index (Phi) is 2.69. The SMILES string of the molecule is Cc1cccc(Oc2ccnc3ccccc23)c1. The van der Waals surface area contributed by atoms with Crippen molar-refractivity contribution in [2.45, 2.75) is 6.92 Å². The molecule has 0 aliphatic heterocycles. The van der Waals surface area contributed by atoms with Gasteiger partial charge in [0.25, 0.3) is 0 Å². The minimum Gasteiger partial charge on any atom is -0.457 e. The van der Waals surface area contributed by atoms with E-state index in [0.29, 0.717) is 0 Å². The molecule has 3 aromatic rings. The Balaban J connectivity index is 2.05. The molecule has 0 bridgehead atoms. The lowest BCUT2D eigenvalue weighted by atomic mass is 10.2. The average Bonchev–Trinajstić information content (AvgIpc) is 2.39. The van der Waals surface area contributed by atoms with Gasteiger partial charge in [0.2, 0.25) is 0 Å². The molecular weight excluding hydrogens is 222 g/mol.